The van der Waals surface area contributed by atoms with Crippen LogP contribution in [0.1, 0.15) is 27.7 Å². The summed E-state index contributed by atoms with van der Waals surface area (Å²) in [7, 11) is 0. The highest BCUT2D eigenvalue weighted by atomic mass is 35.5. The Kier molecular flexibility index (Phi) is 3.87. The third kappa shape index (κ3) is 4.46. The molecule has 0 fully saturated rings. The molecule has 0 aliphatic carbocycles. The highest BCUT2D eigenvalue weighted by Gasteiger charge is 1.99. The van der Waals surface area contributed by atoms with Crippen molar-refractivity contribution in [3.63, 3.8) is 0 Å². The Bertz CT molecular complexity index is 105. The van der Waals surface area contributed by atoms with Crippen LogP contribution in [0.15, 0.2) is 4.99 Å². The molecule has 9 heavy (non-hydrogen) atoms. The van der Waals surface area contributed by atoms with Gasteiger partial charge in [0.2, 0.25) is 0 Å². The van der Waals surface area contributed by atoms with Gasteiger partial charge in [0.15, 0.2) is 0 Å². The summed E-state index contributed by atoms with van der Waals surface area (Å²) < 4.78 is 0. The van der Waals surface area contributed by atoms with Gasteiger partial charge in [-0.3, -0.25) is 4.99 Å². The van der Waals surface area contributed by atoms with Gasteiger partial charge in [-0.15, -0.1) is 11.6 Å². The molecule has 0 rings (SSSR count). The fraction of sp³-hybridized carbons (Fsp3) is 0.857. The lowest BCUT2D eigenvalue weighted by Crippen LogP contribution is -2.08. The third-order valence-corrected chi connectivity index (χ3v) is 1.35. The fourth-order valence-corrected chi connectivity index (χ4v) is 0.566. The zero-order chi connectivity index (χ0) is 7.44. The largest absolute Gasteiger partial charge is 0.290 e. The molecular formula is C7H14ClN. The zero-order valence-corrected chi connectivity index (χ0v) is 7.24. The van der Waals surface area contributed by atoms with Crippen molar-refractivity contribution in [2.75, 3.05) is 0 Å². The number of rotatable bonds is 2. The van der Waals surface area contributed by atoms with Gasteiger partial charge >= 0.3 is 0 Å². The molecule has 0 spiro atoms. The van der Waals surface area contributed by atoms with Crippen LogP contribution in [0.4, 0.5) is 0 Å². The van der Waals surface area contributed by atoms with Crippen LogP contribution in [-0.2, 0) is 0 Å². The summed E-state index contributed by atoms with van der Waals surface area (Å²) >= 11 is 5.74. The molecule has 0 aromatic carbocycles. The van der Waals surface area contributed by atoms with Crippen LogP contribution in [0.25, 0.3) is 0 Å². The second-order valence-corrected chi connectivity index (χ2v) is 3.13. The van der Waals surface area contributed by atoms with E-state index in [1.807, 2.05) is 27.7 Å². The third-order valence-electron chi connectivity index (χ3n) is 1.04. The molecule has 2 heteroatoms. The second-order valence-electron chi connectivity index (χ2n) is 2.48. The van der Waals surface area contributed by atoms with Gasteiger partial charge in [0.25, 0.3) is 0 Å². The predicted octanol–water partition coefficient (Wildman–Crippen LogP) is 2.48. The fourth-order valence-electron chi connectivity index (χ4n) is 0.510. The highest BCUT2D eigenvalue weighted by Crippen LogP contribution is 1.99. The van der Waals surface area contributed by atoms with Crippen LogP contribution in [-0.4, -0.2) is 17.1 Å². The van der Waals surface area contributed by atoms with Crippen LogP contribution in [0.5, 0.6) is 0 Å². The Morgan fingerprint density at radius 2 is 1.78 bits per heavy atom. The Hall–Kier alpha value is -0.0400. The van der Waals surface area contributed by atoms with E-state index in [1.54, 1.807) is 0 Å². The molecule has 1 nitrogen and oxygen atoms in total. The Morgan fingerprint density at radius 1 is 1.33 bits per heavy atom. The quantitative estimate of drug-likeness (QED) is 0.421. The molecule has 0 unspecified atom stereocenters. The number of aliphatic imine (C=N–C) groups is 1. The minimum atomic E-state index is 0.0763. The van der Waals surface area contributed by atoms with Gasteiger partial charge in [0, 0.05) is 11.8 Å². The number of nitrogens with zero attached hydrogens (tertiary/aromatic N) is 1. The van der Waals surface area contributed by atoms with E-state index in [0.717, 1.165) is 5.71 Å². The summed E-state index contributed by atoms with van der Waals surface area (Å²) in [6.07, 6.45) is 0. The van der Waals surface area contributed by atoms with E-state index >= 15 is 0 Å². The van der Waals surface area contributed by atoms with Crippen LogP contribution in [0, 0.1) is 0 Å². The van der Waals surface area contributed by atoms with E-state index < -0.39 is 0 Å². The Labute approximate surface area is 62.1 Å². The standard InChI is InChI=1S/C7H14ClN/c1-5(2)9-7(4)6(3)8/h5-6H,1-4H3/t6-/m0/s1. The molecule has 0 N–H and O–H groups in total. The molecule has 0 radical (unpaired) electrons. The zero-order valence-electron chi connectivity index (χ0n) is 6.48. The van der Waals surface area contributed by atoms with Crippen molar-refractivity contribution in [1.82, 2.24) is 0 Å². The molecule has 0 saturated heterocycles. The molecule has 0 heterocycles. The lowest BCUT2D eigenvalue weighted by atomic mass is 10.3. The topological polar surface area (TPSA) is 12.4 Å². The maximum absolute atomic E-state index is 5.74. The van der Waals surface area contributed by atoms with Crippen molar-refractivity contribution < 1.29 is 0 Å². The Balaban J connectivity index is 3.84. The highest BCUT2D eigenvalue weighted by molar-refractivity contribution is 6.31. The molecular weight excluding hydrogens is 134 g/mol. The predicted molar refractivity (Wildman–Crippen MR) is 43.6 cm³/mol. The van der Waals surface area contributed by atoms with Crippen LogP contribution in [0.2, 0.25) is 0 Å². The number of hydrogen-bond acceptors (Lipinski definition) is 1. The van der Waals surface area contributed by atoms with Crippen molar-refractivity contribution in [3.05, 3.63) is 0 Å². The van der Waals surface area contributed by atoms with Gasteiger partial charge in [-0.05, 0) is 27.7 Å². The lowest BCUT2D eigenvalue weighted by Gasteiger charge is -2.03. The molecule has 0 aromatic rings. The maximum atomic E-state index is 5.74. The lowest BCUT2D eigenvalue weighted by molar-refractivity contribution is 0.830. The molecule has 0 amide bonds. The summed E-state index contributed by atoms with van der Waals surface area (Å²) in [5, 5.41) is 0.0763. The number of hydrogen-bond donors (Lipinski definition) is 0. The minimum absolute atomic E-state index is 0.0763. The van der Waals surface area contributed by atoms with E-state index in [0.29, 0.717) is 6.04 Å². The van der Waals surface area contributed by atoms with Gasteiger partial charge in [0.1, 0.15) is 0 Å². The van der Waals surface area contributed by atoms with E-state index in [9.17, 15) is 0 Å². The summed E-state index contributed by atoms with van der Waals surface area (Å²) in [5.74, 6) is 0. The van der Waals surface area contributed by atoms with Gasteiger partial charge in [-0.2, -0.15) is 0 Å². The first kappa shape index (κ1) is 8.96. The van der Waals surface area contributed by atoms with Crippen molar-refractivity contribution in [1.29, 1.82) is 0 Å². The summed E-state index contributed by atoms with van der Waals surface area (Å²) in [6, 6.07) is 0.367. The summed E-state index contributed by atoms with van der Waals surface area (Å²) in [5.41, 5.74) is 1.02. The first-order valence-electron chi connectivity index (χ1n) is 3.22. The van der Waals surface area contributed by atoms with Gasteiger partial charge < -0.3 is 0 Å². The monoisotopic (exact) mass is 147 g/mol. The molecule has 0 aliphatic rings. The van der Waals surface area contributed by atoms with E-state index in [-0.39, 0.29) is 5.38 Å². The molecule has 1 atom stereocenters. The van der Waals surface area contributed by atoms with E-state index in [1.165, 1.54) is 0 Å². The van der Waals surface area contributed by atoms with E-state index in [2.05, 4.69) is 4.99 Å². The van der Waals surface area contributed by atoms with Crippen molar-refractivity contribution in [2.24, 2.45) is 4.99 Å². The number of alkyl halides is 1. The van der Waals surface area contributed by atoms with Crippen LogP contribution >= 0.6 is 11.6 Å². The van der Waals surface area contributed by atoms with Crippen LogP contribution < -0.4 is 0 Å². The second kappa shape index (κ2) is 3.89. The van der Waals surface area contributed by atoms with Crippen molar-refractivity contribution >= 4 is 17.3 Å². The minimum Gasteiger partial charge on any atom is -0.290 e. The maximum Gasteiger partial charge on any atom is 0.0683 e. The van der Waals surface area contributed by atoms with Crippen molar-refractivity contribution in [3.8, 4) is 0 Å². The number of halogens is 1. The average Bonchev–Trinajstić information content (AvgIpc) is 1.63. The average molecular weight is 148 g/mol. The molecule has 54 valence electrons. The van der Waals surface area contributed by atoms with Gasteiger partial charge in [-0.1, -0.05) is 0 Å². The van der Waals surface area contributed by atoms with Crippen LogP contribution in [0.3, 0.4) is 0 Å². The SMILES string of the molecule is CC(=NC(C)C)[C@H](C)Cl. The summed E-state index contributed by atoms with van der Waals surface area (Å²) in [6.45, 7) is 7.98. The molecule has 0 aromatic heterocycles. The smallest absolute Gasteiger partial charge is 0.0683 e. The Morgan fingerprint density at radius 3 is 1.89 bits per heavy atom. The summed E-state index contributed by atoms with van der Waals surface area (Å²) in [4.78, 5) is 4.26. The molecule has 0 aliphatic heterocycles. The first-order chi connectivity index (χ1) is 4.04. The van der Waals surface area contributed by atoms with Gasteiger partial charge in [-0.25, -0.2) is 0 Å². The van der Waals surface area contributed by atoms with E-state index in [4.69, 9.17) is 11.6 Å². The first-order valence-corrected chi connectivity index (χ1v) is 3.66. The molecule has 0 bridgehead atoms. The molecule has 0 saturated carbocycles. The van der Waals surface area contributed by atoms with Crippen molar-refractivity contribution in [2.45, 2.75) is 39.1 Å². The van der Waals surface area contributed by atoms with Gasteiger partial charge in [0.05, 0.1) is 5.38 Å². The normalized spacial score (nSPS) is 16.4.